The zero-order valence-electron chi connectivity index (χ0n) is 10.4. The SMILES string of the molecule is CCN(CC)C(=O)CN(CCO)C(C)C. The monoisotopic (exact) mass is 216 g/mol. The smallest absolute Gasteiger partial charge is 0.236 e. The largest absolute Gasteiger partial charge is 0.395 e. The fourth-order valence-electron chi connectivity index (χ4n) is 1.50. The summed E-state index contributed by atoms with van der Waals surface area (Å²) in [5.41, 5.74) is 0. The number of aliphatic hydroxyl groups excluding tert-OH is 1. The maximum atomic E-state index is 11.8. The summed E-state index contributed by atoms with van der Waals surface area (Å²) in [6.07, 6.45) is 0. The number of aliphatic hydroxyl groups is 1. The Balaban J connectivity index is 4.20. The summed E-state index contributed by atoms with van der Waals surface area (Å²) >= 11 is 0. The number of nitrogens with zero attached hydrogens (tertiary/aromatic N) is 2. The van der Waals surface area contributed by atoms with Crippen molar-refractivity contribution in [3.05, 3.63) is 0 Å². The van der Waals surface area contributed by atoms with E-state index in [9.17, 15) is 4.79 Å². The van der Waals surface area contributed by atoms with Crippen LogP contribution in [0.25, 0.3) is 0 Å². The zero-order chi connectivity index (χ0) is 11.8. The van der Waals surface area contributed by atoms with E-state index < -0.39 is 0 Å². The molecule has 4 nitrogen and oxygen atoms in total. The lowest BCUT2D eigenvalue weighted by Gasteiger charge is -2.28. The Hall–Kier alpha value is -0.610. The van der Waals surface area contributed by atoms with Crippen LogP contribution in [-0.2, 0) is 4.79 Å². The van der Waals surface area contributed by atoms with Gasteiger partial charge in [0.05, 0.1) is 13.2 Å². The molecule has 0 aliphatic rings. The van der Waals surface area contributed by atoms with Crippen LogP contribution >= 0.6 is 0 Å². The van der Waals surface area contributed by atoms with Crippen LogP contribution in [-0.4, -0.2) is 59.6 Å². The molecule has 1 N–H and O–H groups in total. The van der Waals surface area contributed by atoms with Gasteiger partial charge in [0, 0.05) is 25.7 Å². The Labute approximate surface area is 92.9 Å². The van der Waals surface area contributed by atoms with E-state index in [1.165, 1.54) is 0 Å². The summed E-state index contributed by atoms with van der Waals surface area (Å²) in [7, 11) is 0. The Morgan fingerprint density at radius 3 is 2.13 bits per heavy atom. The highest BCUT2D eigenvalue weighted by molar-refractivity contribution is 5.78. The first-order chi connectivity index (χ1) is 7.06. The average Bonchev–Trinajstić information content (AvgIpc) is 2.18. The second-order valence-electron chi connectivity index (χ2n) is 3.85. The molecule has 0 aromatic carbocycles. The van der Waals surface area contributed by atoms with Gasteiger partial charge in [-0.3, -0.25) is 9.69 Å². The van der Waals surface area contributed by atoms with Crippen LogP contribution in [0.4, 0.5) is 0 Å². The van der Waals surface area contributed by atoms with E-state index in [0.717, 1.165) is 13.1 Å². The molecule has 0 bridgehead atoms. The fraction of sp³-hybridized carbons (Fsp3) is 0.909. The van der Waals surface area contributed by atoms with Crippen molar-refractivity contribution in [1.82, 2.24) is 9.80 Å². The molecule has 0 saturated heterocycles. The molecule has 0 fully saturated rings. The quantitative estimate of drug-likeness (QED) is 0.676. The van der Waals surface area contributed by atoms with Gasteiger partial charge in [0.15, 0.2) is 0 Å². The molecule has 0 rings (SSSR count). The molecular weight excluding hydrogens is 192 g/mol. The van der Waals surface area contributed by atoms with Crippen molar-refractivity contribution in [1.29, 1.82) is 0 Å². The fourth-order valence-corrected chi connectivity index (χ4v) is 1.50. The van der Waals surface area contributed by atoms with Gasteiger partial charge in [-0.2, -0.15) is 0 Å². The third-order valence-electron chi connectivity index (χ3n) is 2.57. The van der Waals surface area contributed by atoms with Crippen molar-refractivity contribution in [3.63, 3.8) is 0 Å². The maximum absolute atomic E-state index is 11.8. The summed E-state index contributed by atoms with van der Waals surface area (Å²) < 4.78 is 0. The van der Waals surface area contributed by atoms with Crippen LogP contribution in [0.3, 0.4) is 0 Å². The van der Waals surface area contributed by atoms with Crippen LogP contribution in [0.5, 0.6) is 0 Å². The Kier molecular flexibility index (Phi) is 7.34. The lowest BCUT2D eigenvalue weighted by atomic mass is 10.3. The summed E-state index contributed by atoms with van der Waals surface area (Å²) in [6, 6.07) is 0.289. The number of carbonyl (C=O) groups is 1. The maximum Gasteiger partial charge on any atom is 0.236 e. The highest BCUT2D eigenvalue weighted by Gasteiger charge is 2.16. The second kappa shape index (κ2) is 7.65. The molecule has 0 radical (unpaired) electrons. The highest BCUT2D eigenvalue weighted by atomic mass is 16.3. The molecule has 90 valence electrons. The first-order valence-electron chi connectivity index (χ1n) is 5.69. The van der Waals surface area contributed by atoms with Gasteiger partial charge in [-0.1, -0.05) is 0 Å². The first-order valence-corrected chi connectivity index (χ1v) is 5.69. The molecule has 0 saturated carbocycles. The van der Waals surface area contributed by atoms with Crippen molar-refractivity contribution in [2.75, 3.05) is 32.8 Å². The van der Waals surface area contributed by atoms with Gasteiger partial charge in [0.2, 0.25) is 5.91 Å². The van der Waals surface area contributed by atoms with Crippen molar-refractivity contribution >= 4 is 5.91 Å². The van der Waals surface area contributed by atoms with E-state index in [0.29, 0.717) is 13.1 Å². The van der Waals surface area contributed by atoms with E-state index in [-0.39, 0.29) is 18.6 Å². The van der Waals surface area contributed by atoms with Crippen LogP contribution in [0, 0.1) is 0 Å². The van der Waals surface area contributed by atoms with Crippen LogP contribution in [0.15, 0.2) is 0 Å². The number of amides is 1. The molecule has 0 atom stereocenters. The zero-order valence-corrected chi connectivity index (χ0v) is 10.4. The van der Waals surface area contributed by atoms with E-state index in [4.69, 9.17) is 5.11 Å². The van der Waals surface area contributed by atoms with Gasteiger partial charge in [-0.15, -0.1) is 0 Å². The van der Waals surface area contributed by atoms with Gasteiger partial charge in [-0.05, 0) is 27.7 Å². The summed E-state index contributed by atoms with van der Waals surface area (Å²) in [5.74, 6) is 0.141. The minimum absolute atomic E-state index is 0.101. The van der Waals surface area contributed by atoms with Crippen molar-refractivity contribution < 1.29 is 9.90 Å². The highest BCUT2D eigenvalue weighted by Crippen LogP contribution is 1.99. The number of rotatable bonds is 7. The lowest BCUT2D eigenvalue weighted by Crippen LogP contribution is -2.44. The predicted octanol–water partition coefficient (Wildman–Crippen LogP) is 0.557. The van der Waals surface area contributed by atoms with E-state index in [1.807, 2.05) is 37.5 Å². The number of carbonyl (C=O) groups excluding carboxylic acids is 1. The minimum atomic E-state index is 0.101. The van der Waals surface area contributed by atoms with E-state index >= 15 is 0 Å². The van der Waals surface area contributed by atoms with Gasteiger partial charge in [-0.25, -0.2) is 0 Å². The Morgan fingerprint density at radius 2 is 1.80 bits per heavy atom. The third kappa shape index (κ3) is 5.14. The lowest BCUT2D eigenvalue weighted by molar-refractivity contribution is -0.132. The normalized spacial score (nSPS) is 11.1. The molecule has 0 spiro atoms. The molecular formula is C11H24N2O2. The summed E-state index contributed by atoms with van der Waals surface area (Å²) in [4.78, 5) is 15.6. The second-order valence-corrected chi connectivity index (χ2v) is 3.85. The molecule has 0 heterocycles. The van der Waals surface area contributed by atoms with Crippen molar-refractivity contribution in [3.8, 4) is 0 Å². The number of hydrogen-bond acceptors (Lipinski definition) is 3. The first kappa shape index (κ1) is 14.4. The number of likely N-dealkylation sites (N-methyl/N-ethyl adjacent to an activating group) is 1. The van der Waals surface area contributed by atoms with Crippen molar-refractivity contribution in [2.45, 2.75) is 33.7 Å². The standard InChI is InChI=1S/C11H24N2O2/c1-5-12(6-2)11(15)9-13(7-8-14)10(3)4/h10,14H,5-9H2,1-4H3. The summed E-state index contributed by atoms with van der Waals surface area (Å²) in [5, 5.41) is 8.88. The van der Waals surface area contributed by atoms with Gasteiger partial charge < -0.3 is 10.0 Å². The average molecular weight is 216 g/mol. The topological polar surface area (TPSA) is 43.8 Å². The molecule has 15 heavy (non-hydrogen) atoms. The molecule has 1 amide bonds. The molecule has 0 aromatic rings. The van der Waals surface area contributed by atoms with Crippen LogP contribution in [0.2, 0.25) is 0 Å². The molecule has 0 aliphatic carbocycles. The van der Waals surface area contributed by atoms with Gasteiger partial charge in [0.1, 0.15) is 0 Å². The van der Waals surface area contributed by atoms with Gasteiger partial charge in [0.25, 0.3) is 0 Å². The molecule has 0 aromatic heterocycles. The summed E-state index contributed by atoms with van der Waals surface area (Å²) in [6.45, 7) is 10.6. The number of hydrogen-bond donors (Lipinski definition) is 1. The third-order valence-corrected chi connectivity index (χ3v) is 2.57. The minimum Gasteiger partial charge on any atom is -0.395 e. The van der Waals surface area contributed by atoms with E-state index in [2.05, 4.69) is 0 Å². The predicted molar refractivity (Wildman–Crippen MR) is 61.7 cm³/mol. The molecule has 0 aliphatic heterocycles. The Bertz CT molecular complexity index is 179. The van der Waals surface area contributed by atoms with Crippen LogP contribution in [0.1, 0.15) is 27.7 Å². The Morgan fingerprint density at radius 1 is 1.27 bits per heavy atom. The van der Waals surface area contributed by atoms with Crippen LogP contribution < -0.4 is 0 Å². The van der Waals surface area contributed by atoms with E-state index in [1.54, 1.807) is 0 Å². The molecule has 4 heteroatoms. The van der Waals surface area contributed by atoms with Crippen molar-refractivity contribution in [2.24, 2.45) is 0 Å². The van der Waals surface area contributed by atoms with Gasteiger partial charge >= 0.3 is 0 Å². The molecule has 0 unspecified atom stereocenters.